The molecule has 88 valence electrons. The van der Waals surface area contributed by atoms with E-state index in [9.17, 15) is 4.39 Å². The van der Waals surface area contributed by atoms with Gasteiger partial charge in [-0.15, -0.1) is 0 Å². The smallest absolute Gasteiger partial charge is 0.152 e. The largest absolute Gasteiger partial charge is 0.369 e. The van der Waals surface area contributed by atoms with Gasteiger partial charge in [-0.3, -0.25) is 4.98 Å². The summed E-state index contributed by atoms with van der Waals surface area (Å²) in [5.74, 6) is 0.273. The molecular formula is C12H11BrFN3. The van der Waals surface area contributed by atoms with Gasteiger partial charge in [-0.25, -0.2) is 9.37 Å². The maximum absolute atomic E-state index is 13.8. The molecule has 0 radical (unpaired) electrons. The molecule has 0 aliphatic heterocycles. The number of anilines is 1. The van der Waals surface area contributed by atoms with Crippen molar-refractivity contribution in [2.24, 2.45) is 0 Å². The molecule has 0 saturated heterocycles. The number of benzene rings is 1. The van der Waals surface area contributed by atoms with Crippen molar-refractivity contribution in [2.45, 2.75) is 6.92 Å². The van der Waals surface area contributed by atoms with Crippen molar-refractivity contribution in [3.8, 4) is 11.3 Å². The lowest BCUT2D eigenvalue weighted by molar-refractivity contribution is 0.630. The molecule has 0 bridgehead atoms. The zero-order valence-electron chi connectivity index (χ0n) is 9.24. The molecule has 1 heterocycles. The molecule has 0 fully saturated rings. The topological polar surface area (TPSA) is 37.8 Å². The summed E-state index contributed by atoms with van der Waals surface area (Å²) in [6.07, 6.45) is 3.13. The molecular weight excluding hydrogens is 285 g/mol. The Labute approximate surface area is 107 Å². The third-order valence-electron chi connectivity index (χ3n) is 2.23. The van der Waals surface area contributed by atoms with Gasteiger partial charge in [0.25, 0.3) is 0 Å². The van der Waals surface area contributed by atoms with Crippen molar-refractivity contribution in [3.63, 3.8) is 0 Å². The van der Waals surface area contributed by atoms with Crippen LogP contribution in [0.3, 0.4) is 0 Å². The molecule has 1 N–H and O–H groups in total. The van der Waals surface area contributed by atoms with Crippen molar-refractivity contribution in [3.05, 3.63) is 40.9 Å². The van der Waals surface area contributed by atoms with Gasteiger partial charge < -0.3 is 5.32 Å². The Morgan fingerprint density at radius 2 is 2.06 bits per heavy atom. The van der Waals surface area contributed by atoms with Gasteiger partial charge in [-0.2, -0.15) is 0 Å². The third kappa shape index (κ3) is 2.61. The first kappa shape index (κ1) is 12.0. The van der Waals surface area contributed by atoms with Crippen LogP contribution < -0.4 is 5.32 Å². The average molecular weight is 296 g/mol. The average Bonchev–Trinajstić information content (AvgIpc) is 2.31. The molecule has 0 unspecified atom stereocenters. The predicted molar refractivity (Wildman–Crippen MR) is 69.3 cm³/mol. The summed E-state index contributed by atoms with van der Waals surface area (Å²) in [5, 5.41) is 3.06. The van der Waals surface area contributed by atoms with Gasteiger partial charge in [0.15, 0.2) is 5.82 Å². The summed E-state index contributed by atoms with van der Waals surface area (Å²) in [6, 6.07) is 4.88. The van der Waals surface area contributed by atoms with E-state index in [-0.39, 0.29) is 5.82 Å². The van der Waals surface area contributed by atoms with E-state index in [1.54, 1.807) is 24.5 Å². The van der Waals surface area contributed by atoms with Crippen molar-refractivity contribution >= 4 is 21.7 Å². The Morgan fingerprint density at radius 3 is 2.76 bits per heavy atom. The van der Waals surface area contributed by atoms with Gasteiger partial charge in [0, 0.05) is 29.0 Å². The fourth-order valence-corrected chi connectivity index (χ4v) is 1.85. The van der Waals surface area contributed by atoms with Gasteiger partial charge >= 0.3 is 0 Å². The van der Waals surface area contributed by atoms with Crippen molar-refractivity contribution < 1.29 is 4.39 Å². The second-order valence-electron chi connectivity index (χ2n) is 3.41. The van der Waals surface area contributed by atoms with Gasteiger partial charge in [-0.05, 0) is 25.1 Å². The molecule has 2 rings (SSSR count). The molecule has 2 aromatic rings. The van der Waals surface area contributed by atoms with E-state index in [2.05, 4.69) is 31.2 Å². The maximum Gasteiger partial charge on any atom is 0.152 e. The van der Waals surface area contributed by atoms with Crippen LogP contribution in [-0.4, -0.2) is 16.5 Å². The number of nitrogens with one attached hydrogen (secondary N) is 1. The van der Waals surface area contributed by atoms with Gasteiger partial charge in [-0.1, -0.05) is 15.9 Å². The Hall–Kier alpha value is -1.49. The highest BCUT2D eigenvalue weighted by molar-refractivity contribution is 9.10. The minimum absolute atomic E-state index is 0.320. The Morgan fingerprint density at radius 1 is 1.29 bits per heavy atom. The summed E-state index contributed by atoms with van der Waals surface area (Å²) in [4.78, 5) is 8.33. The number of hydrogen-bond acceptors (Lipinski definition) is 3. The first-order valence-corrected chi connectivity index (χ1v) is 6.02. The fourth-order valence-electron chi connectivity index (χ4n) is 1.51. The highest BCUT2D eigenvalue weighted by atomic mass is 79.9. The van der Waals surface area contributed by atoms with Crippen LogP contribution >= 0.6 is 15.9 Å². The summed E-state index contributed by atoms with van der Waals surface area (Å²) in [5.41, 5.74) is 0.969. The van der Waals surface area contributed by atoms with Crippen LogP contribution in [0.4, 0.5) is 10.2 Å². The van der Waals surface area contributed by atoms with Crippen LogP contribution in [0.2, 0.25) is 0 Å². The van der Waals surface area contributed by atoms with Gasteiger partial charge in [0.1, 0.15) is 11.5 Å². The van der Waals surface area contributed by atoms with Crippen LogP contribution in [-0.2, 0) is 0 Å². The molecule has 0 atom stereocenters. The summed E-state index contributed by atoms with van der Waals surface area (Å²) in [7, 11) is 0. The summed E-state index contributed by atoms with van der Waals surface area (Å²) in [6.45, 7) is 2.67. The van der Waals surface area contributed by atoms with Crippen LogP contribution in [0.25, 0.3) is 11.3 Å². The van der Waals surface area contributed by atoms with E-state index in [1.807, 2.05) is 6.92 Å². The normalized spacial score (nSPS) is 10.3. The molecule has 0 spiro atoms. The van der Waals surface area contributed by atoms with Crippen molar-refractivity contribution in [2.75, 3.05) is 11.9 Å². The van der Waals surface area contributed by atoms with E-state index in [0.717, 1.165) is 0 Å². The second-order valence-corrected chi connectivity index (χ2v) is 4.32. The van der Waals surface area contributed by atoms with E-state index in [0.29, 0.717) is 28.1 Å². The minimum atomic E-state index is -0.320. The van der Waals surface area contributed by atoms with Gasteiger partial charge in [0.2, 0.25) is 0 Å². The number of aromatic nitrogens is 2. The lowest BCUT2D eigenvalue weighted by Gasteiger charge is -2.09. The van der Waals surface area contributed by atoms with Crippen molar-refractivity contribution in [1.82, 2.24) is 9.97 Å². The fraction of sp³-hybridized carbons (Fsp3) is 0.167. The van der Waals surface area contributed by atoms with Crippen LogP contribution in [0.5, 0.6) is 0 Å². The van der Waals surface area contributed by atoms with E-state index >= 15 is 0 Å². The standard InChI is InChI=1S/C12H11BrFN3/c1-2-15-12-11(16-5-6-17-12)9-4-3-8(13)7-10(9)14/h3-7H,2H2,1H3,(H,15,17). The SMILES string of the molecule is CCNc1nccnc1-c1ccc(Br)cc1F. The van der Waals surface area contributed by atoms with E-state index < -0.39 is 0 Å². The number of halogens is 2. The van der Waals surface area contributed by atoms with Gasteiger partial charge in [0.05, 0.1) is 0 Å². The Bertz CT molecular complexity index is 531. The molecule has 17 heavy (non-hydrogen) atoms. The Balaban J connectivity index is 2.52. The lowest BCUT2D eigenvalue weighted by Crippen LogP contribution is -2.03. The summed E-state index contributed by atoms with van der Waals surface area (Å²) >= 11 is 3.23. The van der Waals surface area contributed by atoms with E-state index in [4.69, 9.17) is 0 Å². The first-order valence-electron chi connectivity index (χ1n) is 5.22. The first-order chi connectivity index (χ1) is 8.22. The molecule has 0 amide bonds. The minimum Gasteiger partial charge on any atom is -0.369 e. The molecule has 1 aromatic heterocycles. The molecule has 0 aliphatic rings. The molecule has 3 nitrogen and oxygen atoms in total. The molecule has 0 saturated carbocycles. The highest BCUT2D eigenvalue weighted by Crippen LogP contribution is 2.27. The van der Waals surface area contributed by atoms with Crippen LogP contribution in [0.15, 0.2) is 35.1 Å². The number of rotatable bonds is 3. The summed E-state index contributed by atoms with van der Waals surface area (Å²) < 4.78 is 14.5. The zero-order valence-corrected chi connectivity index (χ0v) is 10.8. The molecule has 1 aromatic carbocycles. The number of hydrogen-bond donors (Lipinski definition) is 1. The van der Waals surface area contributed by atoms with E-state index in [1.165, 1.54) is 6.07 Å². The maximum atomic E-state index is 13.8. The number of nitrogens with zero attached hydrogens (tertiary/aromatic N) is 2. The quantitative estimate of drug-likeness (QED) is 0.942. The monoisotopic (exact) mass is 295 g/mol. The zero-order chi connectivity index (χ0) is 12.3. The highest BCUT2D eigenvalue weighted by Gasteiger charge is 2.11. The molecule has 0 aliphatic carbocycles. The second kappa shape index (κ2) is 5.23. The predicted octanol–water partition coefficient (Wildman–Crippen LogP) is 3.48. The lowest BCUT2D eigenvalue weighted by atomic mass is 10.1. The van der Waals surface area contributed by atoms with Crippen LogP contribution in [0, 0.1) is 5.82 Å². The van der Waals surface area contributed by atoms with Crippen LogP contribution in [0.1, 0.15) is 6.92 Å². The molecule has 5 heteroatoms. The third-order valence-corrected chi connectivity index (χ3v) is 2.72. The Kier molecular flexibility index (Phi) is 3.68. The van der Waals surface area contributed by atoms with Crippen molar-refractivity contribution in [1.29, 1.82) is 0 Å².